The molecule has 0 aliphatic heterocycles. The Hall–Kier alpha value is -0.650. The summed E-state index contributed by atoms with van der Waals surface area (Å²) in [6.45, 7) is 2.59. The van der Waals surface area contributed by atoms with Gasteiger partial charge in [-0.2, -0.15) is 0 Å². The third-order valence-corrected chi connectivity index (χ3v) is 4.06. The van der Waals surface area contributed by atoms with Crippen LogP contribution in [0.15, 0.2) is 0 Å². The maximum absolute atomic E-state index is 12.0. The molecular weight excluding hydrogens is 256 g/mol. The van der Waals surface area contributed by atoms with E-state index in [2.05, 4.69) is 10.6 Å². The molecule has 0 atom stereocenters. The molecule has 1 fully saturated rings. The van der Waals surface area contributed by atoms with Crippen LogP contribution in [0.3, 0.4) is 0 Å². The van der Waals surface area contributed by atoms with Gasteiger partial charge in [0.1, 0.15) is 0 Å². The lowest BCUT2D eigenvalue weighted by Gasteiger charge is -2.36. The van der Waals surface area contributed by atoms with E-state index in [0.29, 0.717) is 32.8 Å². The van der Waals surface area contributed by atoms with Crippen LogP contribution in [0.1, 0.15) is 44.9 Å². The number of hydrogen-bond acceptors (Lipinski definition) is 4. The molecule has 0 aromatic carbocycles. The SMILES string of the molecule is CNC1(CC(=O)NCCCOCCOC)CCCCC1. The number of ether oxygens (including phenoxy) is 2. The Bertz CT molecular complexity index is 266. The van der Waals surface area contributed by atoms with E-state index in [1.807, 2.05) is 7.05 Å². The van der Waals surface area contributed by atoms with Gasteiger partial charge in [-0.05, 0) is 26.3 Å². The van der Waals surface area contributed by atoms with Crippen molar-refractivity contribution in [1.29, 1.82) is 0 Å². The lowest BCUT2D eigenvalue weighted by atomic mass is 9.79. The van der Waals surface area contributed by atoms with Gasteiger partial charge in [0.25, 0.3) is 0 Å². The number of carbonyl (C=O) groups excluding carboxylic acids is 1. The van der Waals surface area contributed by atoms with E-state index in [4.69, 9.17) is 9.47 Å². The first-order chi connectivity index (χ1) is 9.72. The molecule has 5 nitrogen and oxygen atoms in total. The Kier molecular flexibility index (Phi) is 8.82. The highest BCUT2D eigenvalue weighted by atomic mass is 16.5. The topological polar surface area (TPSA) is 59.6 Å². The Morgan fingerprint density at radius 2 is 1.90 bits per heavy atom. The summed E-state index contributed by atoms with van der Waals surface area (Å²) in [4.78, 5) is 12.0. The van der Waals surface area contributed by atoms with Crippen molar-refractivity contribution in [2.24, 2.45) is 0 Å². The fraction of sp³-hybridized carbons (Fsp3) is 0.933. The molecule has 0 aromatic rings. The predicted octanol–water partition coefficient (Wildman–Crippen LogP) is 1.47. The quantitative estimate of drug-likeness (QED) is 0.597. The fourth-order valence-corrected chi connectivity index (χ4v) is 2.76. The van der Waals surface area contributed by atoms with Gasteiger partial charge in [0.15, 0.2) is 0 Å². The van der Waals surface area contributed by atoms with E-state index >= 15 is 0 Å². The van der Waals surface area contributed by atoms with Crippen LogP contribution in [-0.4, -0.2) is 52.0 Å². The summed E-state index contributed by atoms with van der Waals surface area (Å²) in [5.41, 5.74) is 0.0251. The molecule has 0 unspecified atom stereocenters. The second-order valence-electron chi connectivity index (χ2n) is 5.58. The summed E-state index contributed by atoms with van der Waals surface area (Å²) in [5, 5.41) is 6.36. The largest absolute Gasteiger partial charge is 0.382 e. The molecular formula is C15H30N2O3. The number of carbonyl (C=O) groups is 1. The van der Waals surface area contributed by atoms with Gasteiger partial charge < -0.3 is 20.1 Å². The van der Waals surface area contributed by atoms with Gasteiger partial charge in [0.2, 0.25) is 5.91 Å². The molecule has 2 N–H and O–H groups in total. The van der Waals surface area contributed by atoms with E-state index < -0.39 is 0 Å². The maximum atomic E-state index is 12.0. The lowest BCUT2D eigenvalue weighted by molar-refractivity contribution is -0.122. The molecule has 20 heavy (non-hydrogen) atoms. The summed E-state index contributed by atoms with van der Waals surface area (Å²) < 4.78 is 10.3. The number of methoxy groups -OCH3 is 1. The number of amides is 1. The number of rotatable bonds is 10. The second-order valence-corrected chi connectivity index (χ2v) is 5.58. The van der Waals surface area contributed by atoms with Gasteiger partial charge >= 0.3 is 0 Å². The Labute approximate surface area is 122 Å². The molecule has 1 amide bonds. The van der Waals surface area contributed by atoms with E-state index in [1.54, 1.807) is 7.11 Å². The average Bonchev–Trinajstić information content (AvgIpc) is 2.47. The summed E-state index contributed by atoms with van der Waals surface area (Å²) in [5.74, 6) is 0.151. The molecule has 0 bridgehead atoms. The summed E-state index contributed by atoms with van der Waals surface area (Å²) in [7, 11) is 3.63. The number of nitrogens with one attached hydrogen (secondary N) is 2. The summed E-state index contributed by atoms with van der Waals surface area (Å²) >= 11 is 0. The predicted molar refractivity (Wildman–Crippen MR) is 79.8 cm³/mol. The zero-order valence-corrected chi connectivity index (χ0v) is 13.0. The van der Waals surface area contributed by atoms with Crippen LogP contribution in [0.4, 0.5) is 0 Å². The summed E-state index contributed by atoms with van der Waals surface area (Å²) in [6, 6.07) is 0. The van der Waals surface area contributed by atoms with E-state index in [-0.39, 0.29) is 11.4 Å². The highest BCUT2D eigenvalue weighted by Gasteiger charge is 2.32. The zero-order chi connectivity index (χ0) is 14.7. The number of hydrogen-bond donors (Lipinski definition) is 2. The summed E-state index contributed by atoms with van der Waals surface area (Å²) in [6.07, 6.45) is 7.40. The van der Waals surface area contributed by atoms with Crippen molar-refractivity contribution >= 4 is 5.91 Å². The molecule has 5 heteroatoms. The van der Waals surface area contributed by atoms with Crippen molar-refractivity contribution in [3.63, 3.8) is 0 Å². The van der Waals surface area contributed by atoms with Crippen molar-refractivity contribution in [2.45, 2.75) is 50.5 Å². The molecule has 0 heterocycles. The van der Waals surface area contributed by atoms with Crippen molar-refractivity contribution in [3.8, 4) is 0 Å². The molecule has 1 aliphatic carbocycles. The Morgan fingerprint density at radius 1 is 1.15 bits per heavy atom. The van der Waals surface area contributed by atoms with Crippen molar-refractivity contribution in [1.82, 2.24) is 10.6 Å². The normalized spacial score (nSPS) is 17.9. The van der Waals surface area contributed by atoms with Crippen LogP contribution in [0.5, 0.6) is 0 Å². The minimum atomic E-state index is 0.0251. The van der Waals surface area contributed by atoms with Crippen LogP contribution in [0, 0.1) is 0 Å². The Morgan fingerprint density at radius 3 is 2.55 bits per heavy atom. The van der Waals surface area contributed by atoms with Crippen LogP contribution in [-0.2, 0) is 14.3 Å². The Balaban J connectivity index is 2.10. The molecule has 0 aromatic heterocycles. The third kappa shape index (κ3) is 6.68. The van der Waals surface area contributed by atoms with Crippen LogP contribution in [0.2, 0.25) is 0 Å². The first-order valence-electron chi connectivity index (χ1n) is 7.75. The smallest absolute Gasteiger partial charge is 0.221 e. The van der Waals surface area contributed by atoms with Gasteiger partial charge in [-0.3, -0.25) is 4.79 Å². The molecule has 0 radical (unpaired) electrons. The monoisotopic (exact) mass is 286 g/mol. The van der Waals surface area contributed by atoms with Gasteiger partial charge in [-0.25, -0.2) is 0 Å². The van der Waals surface area contributed by atoms with Gasteiger partial charge in [0, 0.05) is 32.2 Å². The lowest BCUT2D eigenvalue weighted by Crippen LogP contribution is -2.48. The van der Waals surface area contributed by atoms with E-state index in [1.165, 1.54) is 19.3 Å². The van der Waals surface area contributed by atoms with Crippen LogP contribution < -0.4 is 10.6 Å². The zero-order valence-electron chi connectivity index (χ0n) is 13.0. The van der Waals surface area contributed by atoms with Gasteiger partial charge in [0.05, 0.1) is 13.2 Å². The standard InChI is InChI=1S/C15H30N2O3/c1-16-15(7-4-3-5-8-15)13-14(18)17-9-6-10-20-12-11-19-2/h16H,3-13H2,1-2H3,(H,17,18). The molecule has 1 saturated carbocycles. The highest BCUT2D eigenvalue weighted by Crippen LogP contribution is 2.30. The maximum Gasteiger partial charge on any atom is 0.221 e. The van der Waals surface area contributed by atoms with E-state index in [9.17, 15) is 4.79 Å². The van der Waals surface area contributed by atoms with Crippen molar-refractivity contribution < 1.29 is 14.3 Å². The van der Waals surface area contributed by atoms with Crippen LogP contribution >= 0.6 is 0 Å². The highest BCUT2D eigenvalue weighted by molar-refractivity contribution is 5.77. The molecule has 0 spiro atoms. The van der Waals surface area contributed by atoms with Gasteiger partial charge in [-0.1, -0.05) is 19.3 Å². The van der Waals surface area contributed by atoms with Crippen LogP contribution in [0.25, 0.3) is 0 Å². The van der Waals surface area contributed by atoms with Crippen molar-refractivity contribution in [2.75, 3.05) is 40.5 Å². The third-order valence-electron chi connectivity index (χ3n) is 4.06. The van der Waals surface area contributed by atoms with Gasteiger partial charge in [-0.15, -0.1) is 0 Å². The molecule has 118 valence electrons. The first-order valence-corrected chi connectivity index (χ1v) is 7.75. The van der Waals surface area contributed by atoms with Crippen molar-refractivity contribution in [3.05, 3.63) is 0 Å². The first kappa shape index (κ1) is 17.4. The fourth-order valence-electron chi connectivity index (χ4n) is 2.76. The minimum Gasteiger partial charge on any atom is -0.382 e. The molecule has 0 saturated heterocycles. The molecule has 1 aliphatic rings. The second kappa shape index (κ2) is 10.1. The van der Waals surface area contributed by atoms with E-state index in [0.717, 1.165) is 19.3 Å². The molecule has 1 rings (SSSR count). The average molecular weight is 286 g/mol. The minimum absolute atomic E-state index is 0.0251.